The SMILES string of the molecule is COc1ccc(-c2noc(CCC(=O)NC(c3ccc(OC)cc3)C3CC3)n2)cc1. The summed E-state index contributed by atoms with van der Waals surface area (Å²) in [5.74, 6) is 3.00. The first-order valence-corrected chi connectivity index (χ1v) is 10.1. The van der Waals surface area contributed by atoms with Crippen LogP contribution in [0, 0.1) is 5.92 Å². The van der Waals surface area contributed by atoms with Crippen LogP contribution >= 0.6 is 0 Å². The van der Waals surface area contributed by atoms with Crippen LogP contribution in [0.4, 0.5) is 0 Å². The third-order valence-electron chi connectivity index (χ3n) is 5.27. The van der Waals surface area contributed by atoms with E-state index in [-0.39, 0.29) is 11.9 Å². The number of rotatable bonds is 9. The maximum Gasteiger partial charge on any atom is 0.227 e. The van der Waals surface area contributed by atoms with Gasteiger partial charge in [-0.25, -0.2) is 0 Å². The first-order valence-electron chi connectivity index (χ1n) is 10.1. The van der Waals surface area contributed by atoms with E-state index in [1.165, 1.54) is 0 Å². The van der Waals surface area contributed by atoms with Gasteiger partial charge >= 0.3 is 0 Å². The molecule has 30 heavy (non-hydrogen) atoms. The van der Waals surface area contributed by atoms with E-state index < -0.39 is 0 Å². The average Bonchev–Trinajstić information content (AvgIpc) is 3.53. The molecule has 156 valence electrons. The van der Waals surface area contributed by atoms with Crippen molar-refractivity contribution < 1.29 is 18.8 Å². The van der Waals surface area contributed by atoms with Gasteiger partial charge in [0, 0.05) is 18.4 Å². The highest BCUT2D eigenvalue weighted by Crippen LogP contribution is 2.41. The lowest BCUT2D eigenvalue weighted by molar-refractivity contribution is -0.122. The van der Waals surface area contributed by atoms with Crippen LogP contribution in [0.15, 0.2) is 53.1 Å². The van der Waals surface area contributed by atoms with Gasteiger partial charge in [-0.3, -0.25) is 4.79 Å². The number of amides is 1. The van der Waals surface area contributed by atoms with Crippen LogP contribution in [0.5, 0.6) is 11.5 Å². The molecule has 1 amide bonds. The maximum atomic E-state index is 12.6. The number of hydrogen-bond acceptors (Lipinski definition) is 6. The van der Waals surface area contributed by atoms with Crippen molar-refractivity contribution in [3.8, 4) is 22.9 Å². The Morgan fingerprint density at radius 3 is 2.30 bits per heavy atom. The maximum absolute atomic E-state index is 12.6. The monoisotopic (exact) mass is 407 g/mol. The Kier molecular flexibility index (Phi) is 5.97. The van der Waals surface area contributed by atoms with Crippen molar-refractivity contribution in [3.05, 3.63) is 60.0 Å². The molecule has 0 bridgehead atoms. The molecule has 1 saturated carbocycles. The third-order valence-corrected chi connectivity index (χ3v) is 5.27. The fourth-order valence-electron chi connectivity index (χ4n) is 3.39. The van der Waals surface area contributed by atoms with Crippen LogP contribution < -0.4 is 14.8 Å². The van der Waals surface area contributed by atoms with Crippen molar-refractivity contribution >= 4 is 5.91 Å². The van der Waals surface area contributed by atoms with E-state index in [0.717, 1.165) is 35.5 Å². The molecule has 1 aliphatic rings. The van der Waals surface area contributed by atoms with Crippen molar-refractivity contribution in [2.75, 3.05) is 14.2 Å². The molecule has 0 saturated heterocycles. The molecule has 0 aliphatic heterocycles. The van der Waals surface area contributed by atoms with Gasteiger partial charge in [-0.05, 0) is 60.7 Å². The van der Waals surface area contributed by atoms with Gasteiger partial charge in [0.1, 0.15) is 11.5 Å². The molecule has 4 rings (SSSR count). The molecular weight excluding hydrogens is 382 g/mol. The van der Waals surface area contributed by atoms with Gasteiger partial charge < -0.3 is 19.3 Å². The Labute approximate surface area is 175 Å². The lowest BCUT2D eigenvalue weighted by Crippen LogP contribution is -2.30. The summed E-state index contributed by atoms with van der Waals surface area (Å²) in [6.07, 6.45) is 2.95. The van der Waals surface area contributed by atoms with Crippen molar-refractivity contribution in [2.24, 2.45) is 5.92 Å². The number of ether oxygens (including phenoxy) is 2. The number of methoxy groups -OCH3 is 2. The van der Waals surface area contributed by atoms with Crippen LogP contribution in [0.1, 0.15) is 36.8 Å². The molecule has 1 heterocycles. The van der Waals surface area contributed by atoms with Gasteiger partial charge in [0.05, 0.1) is 20.3 Å². The number of aromatic nitrogens is 2. The molecule has 3 aromatic rings. The van der Waals surface area contributed by atoms with Crippen LogP contribution in [0.3, 0.4) is 0 Å². The van der Waals surface area contributed by atoms with Gasteiger partial charge in [-0.1, -0.05) is 17.3 Å². The van der Waals surface area contributed by atoms with E-state index in [2.05, 4.69) is 15.5 Å². The molecule has 1 aliphatic carbocycles. The van der Waals surface area contributed by atoms with E-state index in [4.69, 9.17) is 14.0 Å². The molecular formula is C23H25N3O4. The minimum Gasteiger partial charge on any atom is -0.497 e. The molecule has 1 N–H and O–H groups in total. The molecule has 1 unspecified atom stereocenters. The molecule has 1 atom stereocenters. The number of aryl methyl sites for hydroxylation is 1. The molecule has 7 heteroatoms. The van der Waals surface area contributed by atoms with Crippen LogP contribution in [0.25, 0.3) is 11.4 Å². The molecule has 7 nitrogen and oxygen atoms in total. The second kappa shape index (κ2) is 8.98. The molecule has 2 aromatic carbocycles. The average molecular weight is 407 g/mol. The van der Waals surface area contributed by atoms with E-state index in [0.29, 0.717) is 30.5 Å². The van der Waals surface area contributed by atoms with Gasteiger partial charge in [-0.15, -0.1) is 0 Å². The van der Waals surface area contributed by atoms with E-state index in [1.807, 2.05) is 48.5 Å². The number of nitrogens with zero attached hydrogens (tertiary/aromatic N) is 2. The zero-order chi connectivity index (χ0) is 20.9. The Morgan fingerprint density at radius 1 is 1.07 bits per heavy atom. The summed E-state index contributed by atoms with van der Waals surface area (Å²) >= 11 is 0. The Hall–Kier alpha value is -3.35. The quantitative estimate of drug-likeness (QED) is 0.578. The Bertz CT molecular complexity index is 978. The van der Waals surface area contributed by atoms with E-state index in [9.17, 15) is 4.79 Å². The fourth-order valence-corrected chi connectivity index (χ4v) is 3.39. The van der Waals surface area contributed by atoms with E-state index >= 15 is 0 Å². The summed E-state index contributed by atoms with van der Waals surface area (Å²) in [7, 11) is 3.27. The van der Waals surface area contributed by atoms with E-state index in [1.54, 1.807) is 14.2 Å². The number of hydrogen-bond donors (Lipinski definition) is 1. The van der Waals surface area contributed by atoms with Gasteiger partial charge in [0.25, 0.3) is 0 Å². The highest BCUT2D eigenvalue weighted by molar-refractivity contribution is 5.76. The summed E-state index contributed by atoms with van der Waals surface area (Å²) in [5.41, 5.74) is 1.94. The van der Waals surface area contributed by atoms with Crippen molar-refractivity contribution in [1.29, 1.82) is 0 Å². The first kappa shape index (κ1) is 19.9. The molecule has 1 fully saturated rings. The second-order valence-electron chi connectivity index (χ2n) is 7.40. The number of carbonyl (C=O) groups excluding carboxylic acids is 1. The largest absolute Gasteiger partial charge is 0.497 e. The second-order valence-corrected chi connectivity index (χ2v) is 7.40. The fraction of sp³-hybridized carbons (Fsp3) is 0.348. The predicted molar refractivity (Wildman–Crippen MR) is 111 cm³/mol. The molecule has 1 aromatic heterocycles. The standard InChI is InChI=1S/C23H25N3O4/c1-28-18-9-5-16(6-10-18)22(15-3-4-15)24-20(27)13-14-21-25-23(26-30-21)17-7-11-19(29-2)12-8-17/h5-12,15,22H,3-4,13-14H2,1-2H3,(H,24,27). The summed E-state index contributed by atoms with van der Waals surface area (Å²) in [5, 5.41) is 7.18. The summed E-state index contributed by atoms with van der Waals surface area (Å²) in [4.78, 5) is 17.0. The van der Waals surface area contributed by atoms with Crippen LogP contribution in [0.2, 0.25) is 0 Å². The zero-order valence-electron chi connectivity index (χ0n) is 17.1. The summed E-state index contributed by atoms with van der Waals surface area (Å²) in [6.45, 7) is 0. The Morgan fingerprint density at radius 2 is 1.70 bits per heavy atom. The highest BCUT2D eigenvalue weighted by atomic mass is 16.5. The van der Waals surface area contributed by atoms with Gasteiger partial charge in [-0.2, -0.15) is 4.98 Å². The Balaban J connectivity index is 1.34. The summed E-state index contributed by atoms with van der Waals surface area (Å²) in [6, 6.07) is 15.3. The first-order chi connectivity index (χ1) is 14.7. The number of benzene rings is 2. The lowest BCUT2D eigenvalue weighted by atomic mass is 10.0. The minimum atomic E-state index is -0.0214. The molecule has 0 spiro atoms. The smallest absolute Gasteiger partial charge is 0.227 e. The zero-order valence-corrected chi connectivity index (χ0v) is 17.1. The summed E-state index contributed by atoms with van der Waals surface area (Å²) < 4.78 is 15.7. The highest BCUT2D eigenvalue weighted by Gasteiger charge is 2.33. The van der Waals surface area contributed by atoms with Crippen molar-refractivity contribution in [2.45, 2.75) is 31.7 Å². The third kappa shape index (κ3) is 4.79. The minimum absolute atomic E-state index is 0.0214. The topological polar surface area (TPSA) is 86.5 Å². The predicted octanol–water partition coefficient (Wildman–Crippen LogP) is 3.95. The molecule has 0 radical (unpaired) electrons. The lowest BCUT2D eigenvalue weighted by Gasteiger charge is -2.19. The van der Waals surface area contributed by atoms with Gasteiger partial charge in [0.2, 0.25) is 17.6 Å². The normalized spacial score (nSPS) is 14.2. The number of nitrogens with one attached hydrogen (secondary N) is 1. The van der Waals surface area contributed by atoms with Crippen LogP contribution in [-0.2, 0) is 11.2 Å². The number of carbonyl (C=O) groups is 1. The van der Waals surface area contributed by atoms with Gasteiger partial charge in [0.15, 0.2) is 0 Å². The van der Waals surface area contributed by atoms with Crippen molar-refractivity contribution in [1.82, 2.24) is 15.5 Å². The van der Waals surface area contributed by atoms with Crippen LogP contribution in [-0.4, -0.2) is 30.3 Å². The van der Waals surface area contributed by atoms with Crippen molar-refractivity contribution in [3.63, 3.8) is 0 Å².